The molecule has 1 aromatic rings. The van der Waals surface area contributed by atoms with Gasteiger partial charge in [0.25, 0.3) is 0 Å². The molecule has 0 spiro atoms. The summed E-state index contributed by atoms with van der Waals surface area (Å²) in [6.07, 6.45) is 0.939. The molecule has 16 heavy (non-hydrogen) atoms. The van der Waals surface area contributed by atoms with Crippen molar-refractivity contribution in [2.24, 2.45) is 0 Å². The largest absolute Gasteiger partial charge is 0.325 e. The fourth-order valence-electron chi connectivity index (χ4n) is 1.41. The van der Waals surface area contributed by atoms with E-state index >= 15 is 0 Å². The first-order valence-corrected chi connectivity index (χ1v) is 6.05. The average Bonchev–Trinajstić information content (AvgIpc) is 2.08. The fraction of sp³-hybridized carbons (Fsp3) is 0.364. The van der Waals surface area contributed by atoms with E-state index in [1.807, 2.05) is 18.2 Å². The Kier molecular flexibility index (Phi) is 5.01. The predicted octanol–water partition coefficient (Wildman–Crippen LogP) is 2.32. The first kappa shape index (κ1) is 13.7. The Morgan fingerprint density at radius 3 is 2.75 bits per heavy atom. The van der Waals surface area contributed by atoms with E-state index in [9.17, 15) is 4.79 Å². The average molecular weight is 353 g/mol. The molecule has 2 rings (SSSR count). The Bertz CT molecular complexity index is 394. The smallest absolute Gasteiger partial charge is 0.241 e. The molecule has 1 aromatic carbocycles. The van der Waals surface area contributed by atoms with Crippen LogP contribution >= 0.6 is 35.0 Å². The van der Waals surface area contributed by atoms with Gasteiger partial charge >= 0.3 is 0 Å². The molecule has 0 aliphatic carbocycles. The number of halogens is 2. The number of rotatable bonds is 2. The standard InChI is InChI=1S/C11H13IN2O.ClH/c1-7-2-3-8(6-9(7)12)14-11(15)10-4-5-13-10;/h2-3,6,10,13H,4-5H2,1H3,(H,14,15);1H/t10-;/m1./s1. The van der Waals surface area contributed by atoms with E-state index in [1.54, 1.807) is 0 Å². The van der Waals surface area contributed by atoms with Gasteiger partial charge < -0.3 is 10.6 Å². The molecule has 2 N–H and O–H groups in total. The maximum absolute atomic E-state index is 11.6. The molecule has 0 unspecified atom stereocenters. The highest BCUT2D eigenvalue weighted by molar-refractivity contribution is 14.1. The lowest BCUT2D eigenvalue weighted by molar-refractivity contribution is -0.119. The third-order valence-electron chi connectivity index (χ3n) is 2.58. The van der Waals surface area contributed by atoms with Crippen LogP contribution in [0, 0.1) is 10.5 Å². The number of hydrogen-bond acceptors (Lipinski definition) is 2. The molecule has 3 nitrogen and oxygen atoms in total. The zero-order valence-corrected chi connectivity index (χ0v) is 11.9. The van der Waals surface area contributed by atoms with Crippen LogP contribution in [0.25, 0.3) is 0 Å². The van der Waals surface area contributed by atoms with Crippen LogP contribution in [-0.4, -0.2) is 18.5 Å². The van der Waals surface area contributed by atoms with Gasteiger partial charge in [0.05, 0.1) is 6.04 Å². The zero-order chi connectivity index (χ0) is 10.8. The summed E-state index contributed by atoms with van der Waals surface area (Å²) in [4.78, 5) is 11.6. The second-order valence-corrected chi connectivity index (χ2v) is 4.91. The predicted molar refractivity (Wildman–Crippen MR) is 76.2 cm³/mol. The van der Waals surface area contributed by atoms with Crippen molar-refractivity contribution in [3.05, 3.63) is 27.3 Å². The van der Waals surface area contributed by atoms with Crippen molar-refractivity contribution >= 4 is 46.6 Å². The molecule has 1 amide bonds. The van der Waals surface area contributed by atoms with Gasteiger partial charge in [-0.05, 0) is 60.2 Å². The molecule has 1 atom stereocenters. The Balaban J connectivity index is 0.00000128. The number of benzene rings is 1. The first-order valence-electron chi connectivity index (χ1n) is 4.97. The van der Waals surface area contributed by atoms with Crippen LogP contribution in [0.1, 0.15) is 12.0 Å². The van der Waals surface area contributed by atoms with E-state index in [0.717, 1.165) is 18.7 Å². The van der Waals surface area contributed by atoms with Crippen molar-refractivity contribution in [3.8, 4) is 0 Å². The molecule has 5 heteroatoms. The summed E-state index contributed by atoms with van der Waals surface area (Å²) in [6, 6.07) is 5.95. The van der Waals surface area contributed by atoms with Gasteiger partial charge in [-0.3, -0.25) is 4.79 Å². The summed E-state index contributed by atoms with van der Waals surface area (Å²) in [5.74, 6) is 0.0703. The highest BCUT2D eigenvalue weighted by Gasteiger charge is 2.24. The maximum Gasteiger partial charge on any atom is 0.241 e. The lowest BCUT2D eigenvalue weighted by Crippen LogP contribution is -2.50. The summed E-state index contributed by atoms with van der Waals surface area (Å²) >= 11 is 2.27. The minimum absolute atomic E-state index is 0. The molecule has 1 aliphatic heterocycles. The highest BCUT2D eigenvalue weighted by Crippen LogP contribution is 2.17. The monoisotopic (exact) mass is 352 g/mol. The van der Waals surface area contributed by atoms with Crippen molar-refractivity contribution < 1.29 is 4.79 Å². The van der Waals surface area contributed by atoms with E-state index in [1.165, 1.54) is 9.13 Å². The van der Waals surface area contributed by atoms with E-state index in [4.69, 9.17) is 0 Å². The first-order chi connectivity index (χ1) is 7.16. The van der Waals surface area contributed by atoms with Crippen LogP contribution < -0.4 is 10.6 Å². The number of aryl methyl sites for hydroxylation is 1. The van der Waals surface area contributed by atoms with E-state index in [2.05, 4.69) is 40.1 Å². The van der Waals surface area contributed by atoms with Crippen LogP contribution in [0.2, 0.25) is 0 Å². The molecule has 0 aromatic heterocycles. The molecule has 1 heterocycles. The van der Waals surface area contributed by atoms with E-state index in [0.29, 0.717) is 0 Å². The van der Waals surface area contributed by atoms with Gasteiger partial charge in [-0.25, -0.2) is 0 Å². The normalized spacial score (nSPS) is 18.2. The third kappa shape index (κ3) is 3.09. The van der Waals surface area contributed by atoms with Gasteiger partial charge in [0.15, 0.2) is 0 Å². The van der Waals surface area contributed by atoms with Gasteiger partial charge in [0.2, 0.25) is 5.91 Å². The van der Waals surface area contributed by atoms with Crippen LogP contribution in [-0.2, 0) is 4.79 Å². The van der Waals surface area contributed by atoms with Gasteiger partial charge in [0.1, 0.15) is 0 Å². The molecule has 1 saturated heterocycles. The zero-order valence-electron chi connectivity index (χ0n) is 8.92. The second-order valence-electron chi connectivity index (χ2n) is 3.75. The summed E-state index contributed by atoms with van der Waals surface area (Å²) in [7, 11) is 0. The van der Waals surface area contributed by atoms with Crippen LogP contribution in [0.4, 0.5) is 5.69 Å². The van der Waals surface area contributed by atoms with Crippen molar-refractivity contribution in [3.63, 3.8) is 0 Å². The van der Waals surface area contributed by atoms with E-state index in [-0.39, 0.29) is 24.4 Å². The van der Waals surface area contributed by atoms with Crippen molar-refractivity contribution in [1.82, 2.24) is 5.32 Å². The van der Waals surface area contributed by atoms with E-state index < -0.39 is 0 Å². The topological polar surface area (TPSA) is 41.1 Å². The lowest BCUT2D eigenvalue weighted by atomic mass is 10.1. The summed E-state index contributed by atoms with van der Waals surface area (Å²) in [5, 5.41) is 5.98. The molecule has 88 valence electrons. The fourth-order valence-corrected chi connectivity index (χ4v) is 1.93. The SMILES string of the molecule is Cc1ccc(NC(=O)[C@H]2CCN2)cc1I.Cl. The van der Waals surface area contributed by atoms with Crippen molar-refractivity contribution in [2.45, 2.75) is 19.4 Å². The molecule has 1 aliphatic rings. The minimum atomic E-state index is 0. The van der Waals surface area contributed by atoms with Gasteiger partial charge in [-0.2, -0.15) is 0 Å². The number of amides is 1. The Morgan fingerprint density at radius 2 is 2.25 bits per heavy atom. The molecular formula is C11H14ClIN2O. The van der Waals surface area contributed by atoms with Gasteiger partial charge in [0, 0.05) is 9.26 Å². The molecule has 0 radical (unpaired) electrons. The number of carbonyl (C=O) groups excluding carboxylic acids is 1. The molecule has 0 bridgehead atoms. The second kappa shape index (κ2) is 5.84. The van der Waals surface area contributed by atoms with Crippen LogP contribution in [0.3, 0.4) is 0 Å². The highest BCUT2D eigenvalue weighted by atomic mass is 127. The minimum Gasteiger partial charge on any atom is -0.325 e. The van der Waals surface area contributed by atoms with Crippen LogP contribution in [0.5, 0.6) is 0 Å². The van der Waals surface area contributed by atoms with Gasteiger partial charge in [-0.15, -0.1) is 12.4 Å². The number of carbonyl (C=O) groups is 1. The molecule has 1 fully saturated rings. The molecule has 0 saturated carbocycles. The number of hydrogen-bond donors (Lipinski definition) is 2. The Morgan fingerprint density at radius 1 is 1.56 bits per heavy atom. The Labute approximate surface area is 115 Å². The van der Waals surface area contributed by atoms with Crippen LogP contribution in [0.15, 0.2) is 18.2 Å². The van der Waals surface area contributed by atoms with Gasteiger partial charge in [-0.1, -0.05) is 6.07 Å². The van der Waals surface area contributed by atoms with Crippen molar-refractivity contribution in [2.75, 3.05) is 11.9 Å². The Hall–Kier alpha value is -0.330. The molecular weight excluding hydrogens is 338 g/mol. The summed E-state index contributed by atoms with van der Waals surface area (Å²) < 4.78 is 1.17. The summed E-state index contributed by atoms with van der Waals surface area (Å²) in [6.45, 7) is 3.00. The summed E-state index contributed by atoms with van der Waals surface area (Å²) in [5.41, 5.74) is 2.11. The van der Waals surface area contributed by atoms with Crippen molar-refractivity contribution in [1.29, 1.82) is 0 Å². The number of anilines is 1. The lowest BCUT2D eigenvalue weighted by Gasteiger charge is -2.26. The third-order valence-corrected chi connectivity index (χ3v) is 3.74. The maximum atomic E-state index is 11.6. The quantitative estimate of drug-likeness (QED) is 0.802. The number of nitrogens with one attached hydrogen (secondary N) is 2.